The number of likely N-dealkylation sites (tertiary alicyclic amines) is 1. The Balaban J connectivity index is 1.41. The fourth-order valence-corrected chi connectivity index (χ4v) is 6.00. The molecule has 3 heterocycles. The first-order valence-corrected chi connectivity index (χ1v) is 12.0. The van der Waals surface area contributed by atoms with Crippen LogP contribution in [0.4, 0.5) is 10.5 Å². The Kier molecular flexibility index (Phi) is 5.80. The Morgan fingerprint density at radius 2 is 1.89 bits per heavy atom. The van der Waals surface area contributed by atoms with Crippen molar-refractivity contribution >= 4 is 35.1 Å². The quantitative estimate of drug-likeness (QED) is 0.575. The number of amides is 4. The number of hydrogen-bond donors (Lipinski definition) is 0. The molecule has 3 aliphatic heterocycles. The molecule has 0 aromatic heterocycles. The smallest absolute Gasteiger partial charge is 0.332 e. The number of nitrogens with zero attached hydrogens (tertiary/aromatic N) is 4. The summed E-state index contributed by atoms with van der Waals surface area (Å²) in [5, 5.41) is 9.46. The molecule has 10 heteroatoms. The average molecular weight is 509 g/mol. The molecule has 9 nitrogen and oxygen atoms in total. The Morgan fingerprint density at radius 3 is 2.56 bits per heavy atom. The molecule has 2 aromatic carbocycles. The van der Waals surface area contributed by atoms with Gasteiger partial charge in [0, 0.05) is 12.5 Å². The molecule has 4 atom stereocenters. The molecule has 36 heavy (non-hydrogen) atoms. The number of carbonyl (C=O) groups is 3. The minimum atomic E-state index is -0.755. The van der Waals surface area contributed by atoms with Gasteiger partial charge in [-0.15, -0.1) is 0 Å². The van der Waals surface area contributed by atoms with Crippen molar-refractivity contribution in [2.75, 3.05) is 25.7 Å². The molecular weight excluding hydrogens is 484 g/mol. The number of hydrogen-bond acceptors (Lipinski definition) is 6. The lowest BCUT2D eigenvalue weighted by molar-refractivity contribution is -0.135. The van der Waals surface area contributed by atoms with Gasteiger partial charge in [0.25, 0.3) is 5.91 Å². The zero-order valence-corrected chi connectivity index (χ0v) is 21.1. The first kappa shape index (κ1) is 23.9. The van der Waals surface area contributed by atoms with Crippen LogP contribution in [0, 0.1) is 24.2 Å². The molecule has 3 aliphatic rings. The highest BCUT2D eigenvalue weighted by molar-refractivity contribution is 6.33. The normalized spacial score (nSPS) is 24.3. The van der Waals surface area contributed by atoms with Crippen molar-refractivity contribution in [2.24, 2.45) is 5.92 Å². The summed E-state index contributed by atoms with van der Waals surface area (Å²) in [6, 6.07) is 8.57. The Morgan fingerprint density at radius 1 is 1.17 bits per heavy atom. The van der Waals surface area contributed by atoms with E-state index in [-0.39, 0.29) is 40.8 Å². The van der Waals surface area contributed by atoms with Crippen LogP contribution in [0.1, 0.15) is 23.6 Å². The number of nitriles is 1. The summed E-state index contributed by atoms with van der Waals surface area (Å²) in [5.41, 5.74) is 1.89. The lowest BCUT2D eigenvalue weighted by Gasteiger charge is -2.35. The largest absolute Gasteiger partial charge is 0.493 e. The Hall–Kier alpha value is -3.77. The van der Waals surface area contributed by atoms with Crippen molar-refractivity contribution in [3.8, 4) is 17.6 Å². The van der Waals surface area contributed by atoms with Crippen molar-refractivity contribution in [3.05, 3.63) is 52.0 Å². The lowest BCUT2D eigenvalue weighted by atomic mass is 9.98. The maximum Gasteiger partial charge on any atom is 0.332 e. The highest BCUT2D eigenvalue weighted by atomic mass is 35.5. The highest BCUT2D eigenvalue weighted by Crippen LogP contribution is 2.46. The van der Waals surface area contributed by atoms with E-state index in [1.807, 2.05) is 19.1 Å². The van der Waals surface area contributed by atoms with Gasteiger partial charge in [-0.2, -0.15) is 5.26 Å². The number of anilines is 1. The molecule has 3 saturated heterocycles. The van der Waals surface area contributed by atoms with Gasteiger partial charge in [-0.3, -0.25) is 9.59 Å². The maximum atomic E-state index is 13.6. The lowest BCUT2D eigenvalue weighted by Crippen LogP contribution is -2.55. The molecule has 3 fully saturated rings. The number of urea groups is 1. The van der Waals surface area contributed by atoms with Crippen molar-refractivity contribution in [1.82, 2.24) is 9.80 Å². The fraction of sp³-hybridized carbons (Fsp3) is 0.385. The zero-order valence-electron chi connectivity index (χ0n) is 20.3. The number of carbonyl (C=O) groups excluding carboxylic acids is 3. The van der Waals surface area contributed by atoms with E-state index in [0.29, 0.717) is 29.3 Å². The summed E-state index contributed by atoms with van der Waals surface area (Å²) in [6.07, 6.45) is 0.138. The molecular formula is C26H25ClN4O5. The number of fused-ring (bicyclic) bond motifs is 5. The molecule has 4 amide bonds. The van der Waals surface area contributed by atoms with Crippen LogP contribution < -0.4 is 14.4 Å². The van der Waals surface area contributed by atoms with E-state index in [9.17, 15) is 19.6 Å². The zero-order chi connectivity index (χ0) is 25.9. The minimum Gasteiger partial charge on any atom is -0.493 e. The van der Waals surface area contributed by atoms with E-state index >= 15 is 0 Å². The van der Waals surface area contributed by atoms with E-state index in [0.717, 1.165) is 10.5 Å². The molecule has 186 valence electrons. The predicted molar refractivity (Wildman–Crippen MR) is 131 cm³/mol. The maximum absolute atomic E-state index is 13.6. The molecule has 0 saturated carbocycles. The summed E-state index contributed by atoms with van der Waals surface area (Å²) in [5.74, 6) is 0.579. The van der Waals surface area contributed by atoms with Crippen LogP contribution in [0.5, 0.6) is 11.5 Å². The third-order valence-corrected chi connectivity index (χ3v) is 8.09. The molecule has 2 aromatic rings. The number of halogens is 1. The van der Waals surface area contributed by atoms with Gasteiger partial charge < -0.3 is 19.3 Å². The van der Waals surface area contributed by atoms with Gasteiger partial charge in [0.2, 0.25) is 5.91 Å². The van der Waals surface area contributed by atoms with E-state index in [2.05, 4.69) is 0 Å². The van der Waals surface area contributed by atoms with Crippen LogP contribution in [-0.2, 0) is 16.0 Å². The fourth-order valence-electron chi connectivity index (χ4n) is 5.80. The van der Waals surface area contributed by atoms with Gasteiger partial charge >= 0.3 is 6.03 Å². The summed E-state index contributed by atoms with van der Waals surface area (Å²) >= 11 is 6.31. The predicted octanol–water partition coefficient (Wildman–Crippen LogP) is 3.15. The minimum absolute atomic E-state index is 0.0370. The molecule has 0 spiro atoms. The van der Waals surface area contributed by atoms with Crippen LogP contribution in [0.3, 0.4) is 0 Å². The average Bonchev–Trinajstić information content (AvgIpc) is 3.45. The number of ether oxygens (including phenoxy) is 2. The van der Waals surface area contributed by atoms with E-state index in [1.165, 1.54) is 13.2 Å². The molecule has 5 rings (SSSR count). The SMILES string of the molecule is COc1ccc(CC(=O)N2CC3[C@H](C)C2C2C(=O)N(c4ccc(C#N)c(Cl)c4C)C(=O)N23)cc1OC. The van der Waals surface area contributed by atoms with Crippen LogP contribution >= 0.6 is 11.6 Å². The number of methoxy groups -OCH3 is 2. The van der Waals surface area contributed by atoms with Gasteiger partial charge in [-0.1, -0.05) is 24.6 Å². The molecule has 3 unspecified atom stereocenters. The highest BCUT2D eigenvalue weighted by Gasteiger charge is 2.66. The first-order valence-electron chi connectivity index (χ1n) is 11.6. The van der Waals surface area contributed by atoms with Gasteiger partial charge in [-0.05, 0) is 42.3 Å². The second kappa shape index (κ2) is 8.71. The summed E-state index contributed by atoms with van der Waals surface area (Å²) < 4.78 is 10.6. The summed E-state index contributed by atoms with van der Waals surface area (Å²) in [4.78, 5) is 44.9. The van der Waals surface area contributed by atoms with E-state index in [1.54, 1.807) is 42.0 Å². The van der Waals surface area contributed by atoms with Crippen LogP contribution in [0.2, 0.25) is 5.02 Å². The third kappa shape index (κ3) is 3.32. The second-order valence-electron chi connectivity index (χ2n) is 9.32. The molecule has 2 bridgehead atoms. The number of benzene rings is 2. The van der Waals surface area contributed by atoms with Gasteiger partial charge in [0.1, 0.15) is 12.1 Å². The Bertz CT molecular complexity index is 1340. The molecule has 0 N–H and O–H groups in total. The van der Waals surface area contributed by atoms with Gasteiger partial charge in [0.15, 0.2) is 11.5 Å². The number of rotatable bonds is 5. The van der Waals surface area contributed by atoms with E-state index < -0.39 is 18.1 Å². The van der Waals surface area contributed by atoms with Gasteiger partial charge in [0.05, 0.1) is 49.0 Å². The number of piperazine rings is 1. The van der Waals surface area contributed by atoms with Gasteiger partial charge in [-0.25, -0.2) is 9.69 Å². The molecule has 0 aliphatic carbocycles. The third-order valence-electron chi connectivity index (χ3n) is 7.60. The van der Waals surface area contributed by atoms with Crippen molar-refractivity contribution in [2.45, 2.75) is 38.4 Å². The topological polar surface area (TPSA) is 103 Å². The van der Waals surface area contributed by atoms with Crippen LogP contribution in [-0.4, -0.2) is 66.5 Å². The second-order valence-corrected chi connectivity index (χ2v) is 9.70. The van der Waals surface area contributed by atoms with E-state index in [4.69, 9.17) is 21.1 Å². The van der Waals surface area contributed by atoms with Crippen molar-refractivity contribution < 1.29 is 23.9 Å². The number of imide groups is 1. The standard InChI is InChI=1S/C26H25ClN4O5/c1-13-17(7-6-16(11-28)22(13)27)31-25(33)24-23-14(2)18(30(24)26(31)34)12-29(23)21(32)10-15-5-8-19(35-3)20(9-15)36-4/h5-9,14,18,23-24H,10,12H2,1-4H3/t14-,18?,23?,24?/m0/s1. The molecule has 0 radical (unpaired) electrons. The monoisotopic (exact) mass is 508 g/mol. The van der Waals surface area contributed by atoms with Crippen molar-refractivity contribution in [3.63, 3.8) is 0 Å². The van der Waals surface area contributed by atoms with Crippen LogP contribution in [0.25, 0.3) is 0 Å². The first-order chi connectivity index (χ1) is 17.2. The van der Waals surface area contributed by atoms with Crippen molar-refractivity contribution in [1.29, 1.82) is 5.26 Å². The summed E-state index contributed by atoms with van der Waals surface area (Å²) in [6.45, 7) is 4.03. The van der Waals surface area contributed by atoms with Crippen LogP contribution in [0.15, 0.2) is 30.3 Å². The summed E-state index contributed by atoms with van der Waals surface area (Å²) in [7, 11) is 3.09. The Labute approximate surface area is 213 Å².